The average molecular weight is 396 g/mol. The van der Waals surface area contributed by atoms with Gasteiger partial charge in [-0.3, -0.25) is 14.9 Å². The second kappa shape index (κ2) is 6.65. The van der Waals surface area contributed by atoms with Crippen molar-refractivity contribution in [1.29, 1.82) is 0 Å². The van der Waals surface area contributed by atoms with Crippen molar-refractivity contribution in [2.75, 3.05) is 11.6 Å². The minimum atomic E-state index is -3.33. The largest absolute Gasteiger partial charge is 0.335 e. The van der Waals surface area contributed by atoms with Gasteiger partial charge in [0.2, 0.25) is 11.8 Å². The Balaban J connectivity index is 1.73. The van der Waals surface area contributed by atoms with Crippen molar-refractivity contribution in [1.82, 2.24) is 15.6 Å². The lowest BCUT2D eigenvalue weighted by Gasteiger charge is -2.28. The molecule has 1 aliphatic rings. The van der Waals surface area contributed by atoms with Gasteiger partial charge in [0.25, 0.3) is 0 Å². The Kier molecular flexibility index (Phi) is 4.67. The molecule has 11 heteroatoms. The molecule has 1 saturated heterocycles. The molecule has 9 nitrogen and oxygen atoms in total. The van der Waals surface area contributed by atoms with E-state index in [4.69, 9.17) is 0 Å². The molecule has 1 aliphatic heterocycles. The van der Waals surface area contributed by atoms with Crippen LogP contribution in [0.3, 0.4) is 0 Å². The quantitative estimate of drug-likeness (QED) is 0.702. The number of rotatable bonds is 4. The third-order valence-corrected chi connectivity index (χ3v) is 6.02. The van der Waals surface area contributed by atoms with E-state index >= 15 is 0 Å². The molecule has 3 rings (SSSR count). The molecule has 2 aromatic rings. The second-order valence-corrected chi connectivity index (χ2v) is 9.08. The van der Waals surface area contributed by atoms with E-state index in [2.05, 4.69) is 20.9 Å². The normalized spacial score (nSPS) is 20.5. The van der Waals surface area contributed by atoms with E-state index in [-0.39, 0.29) is 11.3 Å². The molecule has 26 heavy (non-hydrogen) atoms. The summed E-state index contributed by atoms with van der Waals surface area (Å²) < 4.78 is 23.9. The monoisotopic (exact) mass is 396 g/mol. The highest BCUT2D eigenvalue weighted by Crippen LogP contribution is 2.28. The highest BCUT2D eigenvalue weighted by molar-refractivity contribution is 7.90. The number of thiazole rings is 1. The maximum atomic E-state index is 12.2. The number of benzene rings is 1. The Morgan fingerprint density at radius 3 is 2.73 bits per heavy atom. The molecular formula is C15H16N4O5S2. The van der Waals surface area contributed by atoms with Crippen molar-refractivity contribution in [3.63, 3.8) is 0 Å². The first-order chi connectivity index (χ1) is 12.1. The molecule has 0 aliphatic carbocycles. The van der Waals surface area contributed by atoms with Gasteiger partial charge in [0.05, 0.1) is 21.0 Å². The minimum Gasteiger partial charge on any atom is -0.335 e. The van der Waals surface area contributed by atoms with Gasteiger partial charge in [-0.15, -0.1) is 0 Å². The van der Waals surface area contributed by atoms with E-state index in [1.807, 2.05) is 0 Å². The SMILES string of the molecule is CC1NC(=O)NC(=O)C1CC(=O)Nc1nc2ccc(S(C)(=O)=O)cc2s1. The van der Waals surface area contributed by atoms with Gasteiger partial charge >= 0.3 is 6.03 Å². The molecule has 0 spiro atoms. The molecule has 2 atom stereocenters. The van der Waals surface area contributed by atoms with Gasteiger partial charge in [0.15, 0.2) is 15.0 Å². The predicted octanol–water partition coefficient (Wildman–Crippen LogP) is 0.873. The summed E-state index contributed by atoms with van der Waals surface area (Å²) in [6, 6.07) is 3.50. The van der Waals surface area contributed by atoms with Gasteiger partial charge in [-0.2, -0.15) is 0 Å². The van der Waals surface area contributed by atoms with E-state index in [0.717, 1.165) is 17.6 Å². The fraction of sp³-hybridized carbons (Fsp3) is 0.333. The van der Waals surface area contributed by atoms with E-state index in [0.29, 0.717) is 15.3 Å². The number of aromatic nitrogens is 1. The Hall–Kier alpha value is -2.53. The van der Waals surface area contributed by atoms with Crippen molar-refractivity contribution in [2.24, 2.45) is 5.92 Å². The van der Waals surface area contributed by atoms with Gasteiger partial charge in [-0.25, -0.2) is 18.2 Å². The number of imide groups is 1. The van der Waals surface area contributed by atoms with Crippen LogP contribution in [0.4, 0.5) is 9.93 Å². The van der Waals surface area contributed by atoms with Gasteiger partial charge < -0.3 is 10.6 Å². The predicted molar refractivity (Wildman–Crippen MR) is 95.6 cm³/mol. The van der Waals surface area contributed by atoms with Crippen LogP contribution >= 0.6 is 11.3 Å². The molecule has 0 bridgehead atoms. The third kappa shape index (κ3) is 3.83. The van der Waals surface area contributed by atoms with Crippen LogP contribution in [0.15, 0.2) is 23.1 Å². The van der Waals surface area contributed by atoms with E-state index in [1.165, 1.54) is 12.1 Å². The zero-order valence-corrected chi connectivity index (χ0v) is 15.5. The van der Waals surface area contributed by atoms with Crippen molar-refractivity contribution in [2.45, 2.75) is 24.3 Å². The zero-order chi connectivity index (χ0) is 19.1. The molecule has 2 heterocycles. The summed E-state index contributed by atoms with van der Waals surface area (Å²) >= 11 is 1.14. The number of fused-ring (bicyclic) bond motifs is 1. The third-order valence-electron chi connectivity index (χ3n) is 3.98. The highest BCUT2D eigenvalue weighted by atomic mass is 32.2. The highest BCUT2D eigenvalue weighted by Gasteiger charge is 2.34. The van der Waals surface area contributed by atoms with Gasteiger partial charge in [0.1, 0.15) is 0 Å². The molecule has 0 saturated carbocycles. The summed E-state index contributed by atoms with van der Waals surface area (Å²) in [6.45, 7) is 1.65. The molecular weight excluding hydrogens is 380 g/mol. The van der Waals surface area contributed by atoms with Gasteiger partial charge in [-0.05, 0) is 25.1 Å². The summed E-state index contributed by atoms with van der Waals surface area (Å²) in [5, 5.41) is 7.61. The van der Waals surface area contributed by atoms with Crippen LogP contribution < -0.4 is 16.0 Å². The number of carbonyl (C=O) groups is 3. The Morgan fingerprint density at radius 1 is 1.35 bits per heavy atom. The maximum absolute atomic E-state index is 12.2. The van der Waals surface area contributed by atoms with Crippen molar-refractivity contribution in [3.05, 3.63) is 18.2 Å². The number of carbonyl (C=O) groups excluding carboxylic acids is 3. The molecule has 138 valence electrons. The Bertz CT molecular complexity index is 1010. The number of nitrogens with one attached hydrogen (secondary N) is 3. The lowest BCUT2D eigenvalue weighted by atomic mass is 9.94. The van der Waals surface area contributed by atoms with Crippen molar-refractivity contribution < 1.29 is 22.8 Å². The van der Waals surface area contributed by atoms with Gasteiger partial charge in [0, 0.05) is 18.7 Å². The lowest BCUT2D eigenvalue weighted by molar-refractivity contribution is -0.129. The standard InChI is InChI=1S/C15H16N4O5S2/c1-7-9(13(21)19-14(22)16-7)6-12(20)18-15-17-10-4-3-8(26(2,23)24)5-11(10)25-15/h3-5,7,9H,6H2,1-2H3,(H,17,18,20)(H2,16,19,21,22). The number of urea groups is 1. The number of sulfone groups is 1. The van der Waals surface area contributed by atoms with E-state index < -0.39 is 39.6 Å². The van der Waals surface area contributed by atoms with Crippen LogP contribution in [-0.2, 0) is 19.4 Å². The molecule has 1 aromatic heterocycles. The fourth-order valence-electron chi connectivity index (χ4n) is 2.60. The lowest BCUT2D eigenvalue weighted by Crippen LogP contribution is -2.57. The first-order valence-electron chi connectivity index (χ1n) is 7.65. The minimum absolute atomic E-state index is 0.113. The smallest absolute Gasteiger partial charge is 0.321 e. The summed E-state index contributed by atoms with van der Waals surface area (Å²) in [5.41, 5.74) is 0.564. The molecule has 1 fully saturated rings. The van der Waals surface area contributed by atoms with Crippen LogP contribution in [0.2, 0.25) is 0 Å². The number of hydrogen-bond donors (Lipinski definition) is 3. The van der Waals surface area contributed by atoms with Crippen LogP contribution in [-0.4, -0.2) is 43.5 Å². The van der Waals surface area contributed by atoms with Crippen LogP contribution in [0.5, 0.6) is 0 Å². The molecule has 1 aromatic carbocycles. The van der Waals surface area contributed by atoms with Crippen LogP contribution in [0, 0.1) is 5.92 Å². The van der Waals surface area contributed by atoms with Crippen molar-refractivity contribution >= 4 is 54.4 Å². The molecule has 4 amide bonds. The van der Waals surface area contributed by atoms with E-state index in [1.54, 1.807) is 13.0 Å². The molecule has 3 N–H and O–H groups in total. The van der Waals surface area contributed by atoms with Gasteiger partial charge in [-0.1, -0.05) is 11.3 Å². The second-order valence-electron chi connectivity index (χ2n) is 6.03. The number of hydrogen-bond acceptors (Lipinski definition) is 7. The number of nitrogens with zero attached hydrogens (tertiary/aromatic N) is 1. The van der Waals surface area contributed by atoms with E-state index in [9.17, 15) is 22.8 Å². The topological polar surface area (TPSA) is 134 Å². The fourth-order valence-corrected chi connectivity index (χ4v) is 4.25. The number of anilines is 1. The summed E-state index contributed by atoms with van der Waals surface area (Å²) in [6.07, 6.45) is 1.00. The van der Waals surface area contributed by atoms with Crippen LogP contribution in [0.1, 0.15) is 13.3 Å². The molecule has 2 unspecified atom stereocenters. The summed E-state index contributed by atoms with van der Waals surface area (Å²) in [7, 11) is -3.33. The van der Waals surface area contributed by atoms with Crippen molar-refractivity contribution in [3.8, 4) is 0 Å². The Labute approximate surface area is 153 Å². The maximum Gasteiger partial charge on any atom is 0.321 e. The van der Waals surface area contributed by atoms with Crippen LogP contribution in [0.25, 0.3) is 10.2 Å². The number of amides is 4. The average Bonchev–Trinajstić information content (AvgIpc) is 2.91. The summed E-state index contributed by atoms with van der Waals surface area (Å²) in [4.78, 5) is 39.7. The Morgan fingerprint density at radius 2 is 2.08 bits per heavy atom. The first kappa shape index (κ1) is 18.3. The molecule has 0 radical (unpaired) electrons. The zero-order valence-electron chi connectivity index (χ0n) is 13.9. The first-order valence-corrected chi connectivity index (χ1v) is 10.4. The summed E-state index contributed by atoms with van der Waals surface area (Å²) in [5.74, 6) is -1.60.